The first-order valence-corrected chi connectivity index (χ1v) is 4.88. The van der Waals surface area contributed by atoms with Crippen molar-refractivity contribution in [1.29, 1.82) is 0 Å². The molecule has 2 rings (SSSR count). The van der Waals surface area contributed by atoms with Crippen LogP contribution >= 0.6 is 12.6 Å². The van der Waals surface area contributed by atoms with Crippen LogP contribution in [-0.4, -0.2) is 22.7 Å². The number of aromatic nitrogens is 1. The molecule has 1 atom stereocenters. The van der Waals surface area contributed by atoms with Gasteiger partial charge in [0.2, 0.25) is 5.91 Å². The van der Waals surface area contributed by atoms with Crippen molar-refractivity contribution in [2.24, 2.45) is 0 Å². The Labute approximate surface area is 87.5 Å². The van der Waals surface area contributed by atoms with Crippen LogP contribution in [0.3, 0.4) is 0 Å². The van der Waals surface area contributed by atoms with Crippen LogP contribution in [0, 0.1) is 0 Å². The Morgan fingerprint density at radius 3 is 2.86 bits per heavy atom. The summed E-state index contributed by atoms with van der Waals surface area (Å²) in [6.07, 6.45) is 2.10. The molecule has 0 bridgehead atoms. The fourth-order valence-corrected chi connectivity index (χ4v) is 1.81. The molecular weight excluding hydrogens is 198 g/mol. The summed E-state index contributed by atoms with van der Waals surface area (Å²) < 4.78 is 0. The highest BCUT2D eigenvalue weighted by atomic mass is 32.1. The number of anilines is 2. The molecule has 0 radical (unpaired) electrons. The minimum Gasteiger partial charge on any atom is -0.384 e. The van der Waals surface area contributed by atoms with E-state index in [9.17, 15) is 4.79 Å². The minimum atomic E-state index is 0.0940. The fourth-order valence-electron chi connectivity index (χ4n) is 1.50. The van der Waals surface area contributed by atoms with Gasteiger partial charge >= 0.3 is 0 Å². The predicted octanol–water partition coefficient (Wildman–Crippen LogP) is 0.699. The lowest BCUT2D eigenvalue weighted by Crippen LogP contribution is -2.24. The van der Waals surface area contributed by atoms with Gasteiger partial charge in [-0.15, -0.1) is 0 Å². The number of thiol groups is 1. The Morgan fingerprint density at radius 1 is 1.57 bits per heavy atom. The highest BCUT2D eigenvalue weighted by Gasteiger charge is 2.28. The van der Waals surface area contributed by atoms with Crippen molar-refractivity contribution in [3.8, 4) is 0 Å². The second-order valence-electron chi connectivity index (χ2n) is 3.30. The molecule has 0 aromatic carbocycles. The number of carbonyl (C=O) groups is 1. The van der Waals surface area contributed by atoms with Crippen molar-refractivity contribution in [1.82, 2.24) is 4.98 Å². The van der Waals surface area contributed by atoms with E-state index in [0.29, 0.717) is 18.8 Å². The summed E-state index contributed by atoms with van der Waals surface area (Å²) in [4.78, 5) is 17.1. The molecule has 4 nitrogen and oxygen atoms in total. The molecule has 14 heavy (non-hydrogen) atoms. The van der Waals surface area contributed by atoms with Gasteiger partial charge in [0.05, 0.1) is 11.9 Å². The van der Waals surface area contributed by atoms with Gasteiger partial charge < -0.3 is 10.6 Å². The normalized spacial score (nSPS) is 21.6. The quantitative estimate of drug-likeness (QED) is 0.669. The van der Waals surface area contributed by atoms with E-state index in [1.54, 1.807) is 23.2 Å². The first kappa shape index (κ1) is 9.33. The van der Waals surface area contributed by atoms with Gasteiger partial charge in [-0.1, -0.05) is 0 Å². The molecule has 74 valence electrons. The minimum absolute atomic E-state index is 0.0940. The van der Waals surface area contributed by atoms with Crippen LogP contribution in [0.15, 0.2) is 18.3 Å². The Balaban J connectivity index is 2.23. The van der Waals surface area contributed by atoms with E-state index in [2.05, 4.69) is 17.6 Å². The monoisotopic (exact) mass is 209 g/mol. The number of pyridine rings is 1. The highest BCUT2D eigenvalue weighted by molar-refractivity contribution is 7.81. The van der Waals surface area contributed by atoms with Crippen molar-refractivity contribution >= 4 is 30.0 Å². The summed E-state index contributed by atoms with van der Waals surface area (Å²) in [5.74, 6) is 0.555. The van der Waals surface area contributed by atoms with E-state index >= 15 is 0 Å². The number of carbonyl (C=O) groups excluding carboxylic acids is 1. The molecule has 0 aliphatic carbocycles. The first-order chi connectivity index (χ1) is 6.66. The van der Waals surface area contributed by atoms with Crippen LogP contribution < -0.4 is 10.6 Å². The van der Waals surface area contributed by atoms with E-state index in [1.165, 1.54) is 0 Å². The molecule has 0 saturated carbocycles. The summed E-state index contributed by atoms with van der Waals surface area (Å²) >= 11 is 4.27. The van der Waals surface area contributed by atoms with Gasteiger partial charge in [0.15, 0.2) is 0 Å². The Morgan fingerprint density at radius 2 is 2.36 bits per heavy atom. The zero-order valence-electron chi connectivity index (χ0n) is 7.55. The summed E-state index contributed by atoms with van der Waals surface area (Å²) in [7, 11) is 0. The van der Waals surface area contributed by atoms with Gasteiger partial charge in [-0.05, 0) is 12.1 Å². The molecule has 1 aliphatic rings. The number of nitrogens with two attached hydrogens (primary N) is 1. The molecule has 0 spiro atoms. The molecule has 1 aromatic rings. The van der Waals surface area contributed by atoms with Crippen LogP contribution in [0.4, 0.5) is 11.5 Å². The van der Waals surface area contributed by atoms with Gasteiger partial charge in [-0.25, -0.2) is 4.98 Å². The molecule has 1 saturated heterocycles. The van der Waals surface area contributed by atoms with Crippen LogP contribution in [0.1, 0.15) is 6.42 Å². The fraction of sp³-hybridized carbons (Fsp3) is 0.333. The number of hydrogen-bond acceptors (Lipinski definition) is 4. The first-order valence-electron chi connectivity index (χ1n) is 4.37. The number of nitrogens with zero attached hydrogens (tertiary/aromatic N) is 2. The van der Waals surface area contributed by atoms with Crippen LogP contribution in [0.5, 0.6) is 0 Å². The van der Waals surface area contributed by atoms with Crippen molar-refractivity contribution in [2.75, 3.05) is 17.2 Å². The highest BCUT2D eigenvalue weighted by Crippen LogP contribution is 2.23. The average molecular weight is 209 g/mol. The predicted molar refractivity (Wildman–Crippen MR) is 58.4 cm³/mol. The lowest BCUT2D eigenvalue weighted by atomic mass is 10.3. The lowest BCUT2D eigenvalue weighted by Gasteiger charge is -2.15. The van der Waals surface area contributed by atoms with Crippen molar-refractivity contribution in [3.05, 3.63) is 18.3 Å². The van der Waals surface area contributed by atoms with E-state index in [0.717, 1.165) is 5.69 Å². The molecular formula is C9H11N3OS. The van der Waals surface area contributed by atoms with Crippen LogP contribution in [0.25, 0.3) is 0 Å². The second-order valence-corrected chi connectivity index (χ2v) is 4.03. The molecule has 1 fully saturated rings. The van der Waals surface area contributed by atoms with Gasteiger partial charge in [-0.3, -0.25) is 4.79 Å². The maximum absolute atomic E-state index is 11.5. The number of amides is 1. The van der Waals surface area contributed by atoms with Gasteiger partial charge in [-0.2, -0.15) is 12.6 Å². The Hall–Kier alpha value is -1.23. The second kappa shape index (κ2) is 3.49. The van der Waals surface area contributed by atoms with Crippen molar-refractivity contribution < 1.29 is 4.79 Å². The summed E-state index contributed by atoms with van der Waals surface area (Å²) in [6, 6.07) is 3.49. The third-order valence-corrected chi connectivity index (χ3v) is 2.53. The van der Waals surface area contributed by atoms with E-state index in [4.69, 9.17) is 5.73 Å². The van der Waals surface area contributed by atoms with Gasteiger partial charge in [0.25, 0.3) is 0 Å². The summed E-state index contributed by atoms with van der Waals surface area (Å²) in [5, 5.41) is 0.125. The third kappa shape index (κ3) is 1.68. The smallest absolute Gasteiger partial charge is 0.228 e. The zero-order chi connectivity index (χ0) is 10.1. The standard InChI is InChI=1S/C9H11N3OS/c10-8-2-1-6(4-11-8)12-5-7(14)3-9(12)13/h1-2,4,7,14H,3,5H2,(H2,10,11). The van der Waals surface area contributed by atoms with E-state index < -0.39 is 0 Å². The molecule has 1 unspecified atom stereocenters. The molecule has 5 heteroatoms. The summed E-state index contributed by atoms with van der Waals surface area (Å²) in [5.41, 5.74) is 6.25. The topological polar surface area (TPSA) is 59.2 Å². The van der Waals surface area contributed by atoms with Crippen LogP contribution in [0.2, 0.25) is 0 Å². The molecule has 2 N–H and O–H groups in total. The Bertz CT molecular complexity index is 352. The van der Waals surface area contributed by atoms with E-state index in [-0.39, 0.29) is 11.2 Å². The van der Waals surface area contributed by atoms with Gasteiger partial charge in [0.1, 0.15) is 5.82 Å². The van der Waals surface area contributed by atoms with Crippen molar-refractivity contribution in [3.63, 3.8) is 0 Å². The number of hydrogen-bond donors (Lipinski definition) is 2. The molecule has 1 aliphatic heterocycles. The maximum atomic E-state index is 11.5. The number of rotatable bonds is 1. The largest absolute Gasteiger partial charge is 0.384 e. The molecule has 2 heterocycles. The van der Waals surface area contributed by atoms with Gasteiger partial charge in [0, 0.05) is 18.2 Å². The lowest BCUT2D eigenvalue weighted by molar-refractivity contribution is -0.117. The molecule has 1 amide bonds. The van der Waals surface area contributed by atoms with Crippen molar-refractivity contribution in [2.45, 2.75) is 11.7 Å². The average Bonchev–Trinajstić information content (AvgIpc) is 2.47. The summed E-state index contributed by atoms with van der Waals surface area (Å²) in [6.45, 7) is 0.646. The SMILES string of the molecule is Nc1ccc(N2CC(S)CC2=O)cn1. The Kier molecular flexibility index (Phi) is 2.33. The van der Waals surface area contributed by atoms with Crippen LogP contribution in [-0.2, 0) is 4.79 Å². The third-order valence-electron chi connectivity index (χ3n) is 2.19. The van der Waals surface area contributed by atoms with E-state index in [1.807, 2.05) is 0 Å². The maximum Gasteiger partial charge on any atom is 0.228 e. The zero-order valence-corrected chi connectivity index (χ0v) is 8.45. The molecule has 1 aromatic heterocycles. The number of nitrogen functional groups attached to an aromatic ring is 1.